The second kappa shape index (κ2) is 10.6. The largest absolute Gasteiger partial charge is 0.467 e. The molecule has 2 aromatic heterocycles. The highest BCUT2D eigenvalue weighted by Gasteiger charge is 2.32. The van der Waals surface area contributed by atoms with E-state index in [4.69, 9.17) is 4.42 Å². The van der Waals surface area contributed by atoms with Crippen LogP contribution in [0.15, 0.2) is 94.7 Å². The van der Waals surface area contributed by atoms with Crippen LogP contribution in [0.2, 0.25) is 0 Å². The Kier molecular flexibility index (Phi) is 6.68. The van der Waals surface area contributed by atoms with E-state index in [0.717, 1.165) is 11.1 Å². The molecule has 0 spiro atoms. The van der Waals surface area contributed by atoms with Crippen LogP contribution in [0.4, 0.5) is 0 Å². The van der Waals surface area contributed by atoms with E-state index in [2.05, 4.69) is 15.5 Å². The Morgan fingerprint density at radius 1 is 0.872 bits per heavy atom. The van der Waals surface area contributed by atoms with Gasteiger partial charge in [-0.3, -0.25) is 23.9 Å². The van der Waals surface area contributed by atoms with Gasteiger partial charge in [0.1, 0.15) is 11.6 Å². The summed E-state index contributed by atoms with van der Waals surface area (Å²) in [6, 6.07) is 24.1. The second-order valence-corrected chi connectivity index (χ2v) is 9.88. The third kappa shape index (κ3) is 4.82. The Bertz CT molecular complexity index is 1630. The van der Waals surface area contributed by atoms with Gasteiger partial charge in [0.15, 0.2) is 5.16 Å². The molecule has 3 amide bonds. The van der Waals surface area contributed by atoms with Crippen molar-refractivity contribution in [2.75, 3.05) is 12.3 Å². The van der Waals surface area contributed by atoms with Crippen LogP contribution in [0.3, 0.4) is 0 Å². The first-order valence-electron chi connectivity index (χ1n) is 12.4. The molecule has 5 aromatic rings. The topological polar surface area (TPSA) is 110 Å². The molecule has 3 aromatic carbocycles. The third-order valence-electron chi connectivity index (χ3n) is 6.50. The van der Waals surface area contributed by atoms with Crippen LogP contribution in [0.5, 0.6) is 0 Å². The van der Waals surface area contributed by atoms with Gasteiger partial charge < -0.3 is 9.73 Å². The van der Waals surface area contributed by atoms with Gasteiger partial charge in [-0.1, -0.05) is 54.2 Å². The number of benzene rings is 3. The molecule has 39 heavy (non-hydrogen) atoms. The molecule has 0 radical (unpaired) electrons. The van der Waals surface area contributed by atoms with Crippen LogP contribution in [-0.2, 0) is 17.8 Å². The van der Waals surface area contributed by atoms with Crippen molar-refractivity contribution in [2.45, 2.75) is 18.1 Å². The van der Waals surface area contributed by atoms with Crippen molar-refractivity contribution in [3.05, 3.63) is 108 Å². The second-order valence-electron chi connectivity index (χ2n) is 8.94. The van der Waals surface area contributed by atoms with Crippen LogP contribution in [0.25, 0.3) is 16.5 Å². The zero-order chi connectivity index (χ0) is 26.8. The predicted molar refractivity (Wildman–Crippen MR) is 146 cm³/mol. The van der Waals surface area contributed by atoms with E-state index in [-0.39, 0.29) is 30.0 Å². The Morgan fingerprint density at radius 3 is 2.31 bits per heavy atom. The van der Waals surface area contributed by atoms with E-state index in [1.165, 1.54) is 16.7 Å². The molecule has 0 atom stereocenters. The number of thioether (sulfide) groups is 1. The van der Waals surface area contributed by atoms with Crippen molar-refractivity contribution in [3.8, 4) is 5.69 Å². The Hall–Kier alpha value is -4.70. The van der Waals surface area contributed by atoms with Crippen LogP contribution >= 0.6 is 11.8 Å². The van der Waals surface area contributed by atoms with Gasteiger partial charge in [-0.05, 0) is 41.8 Å². The predicted octanol–water partition coefficient (Wildman–Crippen LogP) is 4.26. The molecular formula is C29H23N5O4S. The summed E-state index contributed by atoms with van der Waals surface area (Å²) in [6.07, 6.45) is 1.85. The maximum atomic E-state index is 13.3. The Labute approximate surface area is 227 Å². The van der Waals surface area contributed by atoms with Crippen LogP contribution < -0.4 is 5.32 Å². The van der Waals surface area contributed by atoms with E-state index < -0.39 is 0 Å². The zero-order valence-corrected chi connectivity index (χ0v) is 21.6. The molecule has 9 nitrogen and oxygen atoms in total. The number of hydrogen-bond acceptors (Lipinski definition) is 7. The van der Waals surface area contributed by atoms with Gasteiger partial charge in [0.05, 0.1) is 18.6 Å². The van der Waals surface area contributed by atoms with Gasteiger partial charge >= 0.3 is 0 Å². The lowest BCUT2D eigenvalue weighted by atomic mass is 9.94. The number of hydrogen-bond donors (Lipinski definition) is 1. The van der Waals surface area contributed by atoms with E-state index in [1.807, 2.05) is 59.2 Å². The number of para-hydroxylation sites is 1. The molecule has 194 valence electrons. The van der Waals surface area contributed by atoms with E-state index in [1.54, 1.807) is 30.5 Å². The number of furan rings is 1. The summed E-state index contributed by atoms with van der Waals surface area (Å²) in [5.41, 5.74) is 1.86. The molecule has 1 N–H and O–H groups in total. The van der Waals surface area contributed by atoms with Crippen molar-refractivity contribution in [1.29, 1.82) is 0 Å². The highest BCUT2D eigenvalue weighted by atomic mass is 32.2. The summed E-state index contributed by atoms with van der Waals surface area (Å²) in [4.78, 5) is 40.4. The number of rotatable bonds is 9. The smallest absolute Gasteiger partial charge is 0.261 e. The monoisotopic (exact) mass is 537 g/mol. The molecule has 0 aliphatic carbocycles. The highest BCUT2D eigenvalue weighted by Crippen LogP contribution is 2.30. The first-order chi connectivity index (χ1) is 19.1. The maximum Gasteiger partial charge on any atom is 0.261 e. The molecule has 0 unspecified atom stereocenters. The fourth-order valence-electron chi connectivity index (χ4n) is 4.67. The minimum Gasteiger partial charge on any atom is -0.467 e. The first kappa shape index (κ1) is 24.6. The number of carbonyl (C=O) groups is 3. The minimum absolute atomic E-state index is 0.134. The van der Waals surface area contributed by atoms with Crippen molar-refractivity contribution < 1.29 is 18.8 Å². The number of nitrogens with one attached hydrogen (secondary N) is 1. The van der Waals surface area contributed by atoms with Crippen molar-refractivity contribution in [1.82, 2.24) is 25.0 Å². The van der Waals surface area contributed by atoms with Crippen molar-refractivity contribution >= 4 is 40.3 Å². The standard InChI is InChI=1S/C29H23N5O4S/c35-25(30-17-21-11-6-16-38-21)18-39-29-32-31-24(34(29)20-9-2-1-3-10-20)14-15-33-27(36)22-12-4-7-19-8-5-13-23(26(19)22)28(33)37/h1-13,16H,14-15,17-18H2,(H,30,35). The lowest BCUT2D eigenvalue weighted by Gasteiger charge is -2.27. The number of amides is 3. The molecule has 0 bridgehead atoms. The Balaban J connectivity index is 1.21. The van der Waals surface area contributed by atoms with E-state index in [9.17, 15) is 14.4 Å². The summed E-state index contributed by atoms with van der Waals surface area (Å²) < 4.78 is 7.11. The van der Waals surface area contributed by atoms with Crippen LogP contribution in [-0.4, -0.2) is 49.7 Å². The van der Waals surface area contributed by atoms with Crippen LogP contribution in [0.1, 0.15) is 32.3 Å². The lowest BCUT2D eigenvalue weighted by molar-refractivity contribution is -0.118. The SMILES string of the molecule is O=C(CSc1nnc(CCN2C(=O)c3cccc4cccc(c34)C2=O)n1-c1ccccc1)NCc1ccco1. The normalized spacial score (nSPS) is 12.8. The summed E-state index contributed by atoms with van der Waals surface area (Å²) in [7, 11) is 0. The first-order valence-corrected chi connectivity index (χ1v) is 13.4. The van der Waals surface area contributed by atoms with E-state index in [0.29, 0.717) is 46.2 Å². The third-order valence-corrected chi connectivity index (χ3v) is 7.43. The molecule has 1 aliphatic rings. The van der Waals surface area contributed by atoms with Gasteiger partial charge in [-0.25, -0.2) is 0 Å². The van der Waals surface area contributed by atoms with E-state index >= 15 is 0 Å². The maximum absolute atomic E-state index is 13.3. The quantitative estimate of drug-likeness (QED) is 0.221. The summed E-state index contributed by atoms with van der Waals surface area (Å²) in [5, 5.41) is 13.6. The Morgan fingerprint density at radius 2 is 1.62 bits per heavy atom. The lowest BCUT2D eigenvalue weighted by Crippen LogP contribution is -2.41. The molecule has 0 saturated carbocycles. The molecule has 3 heterocycles. The van der Waals surface area contributed by atoms with Crippen molar-refractivity contribution in [3.63, 3.8) is 0 Å². The molecular weight excluding hydrogens is 514 g/mol. The number of carbonyl (C=O) groups excluding carboxylic acids is 3. The van der Waals surface area contributed by atoms with Gasteiger partial charge in [-0.15, -0.1) is 10.2 Å². The summed E-state index contributed by atoms with van der Waals surface area (Å²) >= 11 is 1.26. The fraction of sp³-hybridized carbons (Fsp3) is 0.138. The van der Waals surface area contributed by atoms with Crippen LogP contribution in [0, 0.1) is 0 Å². The zero-order valence-electron chi connectivity index (χ0n) is 20.7. The van der Waals surface area contributed by atoms with Gasteiger partial charge in [0.25, 0.3) is 11.8 Å². The molecule has 10 heteroatoms. The van der Waals surface area contributed by atoms with Crippen molar-refractivity contribution in [2.24, 2.45) is 0 Å². The highest BCUT2D eigenvalue weighted by molar-refractivity contribution is 7.99. The number of aromatic nitrogens is 3. The van der Waals surface area contributed by atoms with Gasteiger partial charge in [-0.2, -0.15) is 0 Å². The van der Waals surface area contributed by atoms with Gasteiger partial charge in [0.2, 0.25) is 5.91 Å². The summed E-state index contributed by atoms with van der Waals surface area (Å²) in [6.45, 7) is 0.444. The number of nitrogens with zero attached hydrogens (tertiary/aromatic N) is 4. The molecule has 0 fully saturated rings. The minimum atomic E-state index is -0.321. The average Bonchev–Trinajstić information content (AvgIpc) is 3.64. The molecule has 0 saturated heterocycles. The van der Waals surface area contributed by atoms with Gasteiger partial charge in [0, 0.05) is 35.2 Å². The summed E-state index contributed by atoms with van der Waals surface area (Å²) in [5.74, 6) is 0.574. The number of imide groups is 1. The molecule has 6 rings (SSSR count). The average molecular weight is 538 g/mol. The molecule has 1 aliphatic heterocycles. The fourth-order valence-corrected chi connectivity index (χ4v) is 5.47.